The molecule has 4 heteroatoms. The van der Waals surface area contributed by atoms with Crippen LogP contribution in [0, 0.1) is 0 Å². The summed E-state index contributed by atoms with van der Waals surface area (Å²) in [5, 5.41) is 5.35. The lowest BCUT2D eigenvalue weighted by molar-refractivity contribution is 0.590. The Hall–Kier alpha value is -10.3. The molecule has 13 aromatic rings. The number of benzene rings is 13. The van der Waals surface area contributed by atoms with Crippen molar-refractivity contribution in [3.05, 3.63) is 333 Å². The fraction of sp³-hybridized carbons (Fsp3) is 0.0488. The third-order valence-corrected chi connectivity index (χ3v) is 22.7. The predicted molar refractivity (Wildman–Crippen MR) is 370 cm³/mol. The fourth-order valence-corrected chi connectivity index (χ4v) is 18.6. The molecule has 2 aliphatic rings. The van der Waals surface area contributed by atoms with Crippen molar-refractivity contribution in [1.82, 2.24) is 0 Å². The lowest BCUT2D eigenvalue weighted by Gasteiger charge is -2.46. The van der Waals surface area contributed by atoms with E-state index in [-0.39, 0.29) is 12.1 Å². The molecule has 0 N–H and O–H groups in total. The van der Waals surface area contributed by atoms with E-state index < -0.39 is 8.07 Å². The van der Waals surface area contributed by atoms with Gasteiger partial charge in [-0.2, -0.15) is 0 Å². The van der Waals surface area contributed by atoms with Gasteiger partial charge in [0.05, 0.1) is 5.69 Å². The Kier molecular flexibility index (Phi) is 13.3. The standard InChI is InChI=1S/C82H63BN2Si/c1-82(2,3)67-55-79-81-80(56-67)85(76-48-46-64(59-30-13-5-14-31-59)54-73(76)62-36-19-8-20-37-62)78-49-47-72(86(69-39-21-9-22-40-69,70-41-23-10-24-42-70)71-43-27-38-63(53-71)58-28-11-4-12-29-58)57-75(78)83(81)74-44-25-26-45-77(74)84(79)68-51-65(60-32-15-6-16-33-60)50-66(52-68)61-34-17-7-18-35-61/h4-57H,1-3H3. The van der Waals surface area contributed by atoms with Crippen molar-refractivity contribution in [2.45, 2.75) is 26.2 Å². The molecule has 0 unspecified atom stereocenters. The second kappa shape index (κ2) is 21.7. The highest BCUT2D eigenvalue weighted by Gasteiger charge is 2.47. The number of anilines is 6. The minimum atomic E-state index is -3.16. The maximum Gasteiger partial charge on any atom is 0.252 e. The van der Waals surface area contributed by atoms with Crippen LogP contribution in [0.4, 0.5) is 34.1 Å². The Bertz CT molecular complexity index is 4510. The van der Waals surface area contributed by atoms with E-state index in [1.165, 1.54) is 116 Å². The van der Waals surface area contributed by atoms with E-state index in [0.717, 1.165) is 16.9 Å². The maximum atomic E-state index is 2.66. The van der Waals surface area contributed by atoms with E-state index in [1.54, 1.807) is 0 Å². The number of hydrogen-bond donors (Lipinski definition) is 0. The van der Waals surface area contributed by atoms with Gasteiger partial charge < -0.3 is 9.80 Å². The van der Waals surface area contributed by atoms with Crippen LogP contribution in [-0.2, 0) is 5.41 Å². The quantitative estimate of drug-likeness (QED) is 0.0941. The minimum Gasteiger partial charge on any atom is -0.311 e. The molecular formula is C82H63BN2Si. The highest BCUT2D eigenvalue weighted by atomic mass is 28.3. The molecule has 15 rings (SSSR count). The first-order valence-electron chi connectivity index (χ1n) is 30.1. The van der Waals surface area contributed by atoms with Gasteiger partial charge in [0.15, 0.2) is 8.07 Å². The molecule has 2 nitrogen and oxygen atoms in total. The molecule has 0 saturated carbocycles. The minimum absolute atomic E-state index is 0.142. The number of hydrogen-bond acceptors (Lipinski definition) is 2. The fourth-order valence-electron chi connectivity index (χ4n) is 13.8. The van der Waals surface area contributed by atoms with Crippen molar-refractivity contribution in [2.75, 3.05) is 9.80 Å². The van der Waals surface area contributed by atoms with Gasteiger partial charge in [-0.3, -0.25) is 0 Å². The third kappa shape index (κ3) is 9.13. The van der Waals surface area contributed by atoms with Gasteiger partial charge in [-0.05, 0) is 153 Å². The first kappa shape index (κ1) is 52.5. The van der Waals surface area contributed by atoms with Crippen molar-refractivity contribution in [3.8, 4) is 55.6 Å². The summed E-state index contributed by atoms with van der Waals surface area (Å²) in [6, 6.07) is 123. The average Bonchev–Trinajstić information content (AvgIpc) is 0.748. The monoisotopic (exact) mass is 1110 g/mol. The summed E-state index contributed by atoms with van der Waals surface area (Å²) in [5.41, 5.74) is 23.7. The van der Waals surface area contributed by atoms with E-state index in [9.17, 15) is 0 Å². The third-order valence-electron chi connectivity index (χ3n) is 17.9. The highest BCUT2D eigenvalue weighted by Crippen LogP contribution is 2.49. The summed E-state index contributed by atoms with van der Waals surface area (Å²) in [5.74, 6) is 0. The van der Waals surface area contributed by atoms with Crippen LogP contribution in [0.2, 0.25) is 0 Å². The maximum absolute atomic E-state index is 3.16. The Morgan fingerprint density at radius 3 is 1.23 bits per heavy atom. The van der Waals surface area contributed by atoms with Crippen molar-refractivity contribution >= 4 is 86.0 Å². The molecule has 0 fully saturated rings. The number of para-hydroxylation sites is 1. The molecule has 0 amide bonds. The molecule has 0 bridgehead atoms. The first-order chi connectivity index (χ1) is 42.3. The Morgan fingerprint density at radius 1 is 0.267 bits per heavy atom. The van der Waals surface area contributed by atoms with Crippen molar-refractivity contribution in [3.63, 3.8) is 0 Å². The molecule has 0 aromatic heterocycles. The van der Waals surface area contributed by atoms with Gasteiger partial charge in [-0.25, -0.2) is 0 Å². The van der Waals surface area contributed by atoms with Crippen LogP contribution in [0.5, 0.6) is 0 Å². The van der Waals surface area contributed by atoms with Crippen LogP contribution < -0.4 is 46.9 Å². The molecule has 86 heavy (non-hydrogen) atoms. The molecular weight excluding hydrogens is 1050 g/mol. The van der Waals surface area contributed by atoms with E-state index in [0.29, 0.717) is 0 Å². The summed E-state index contributed by atoms with van der Waals surface area (Å²) in [6.45, 7) is 6.96. The van der Waals surface area contributed by atoms with E-state index >= 15 is 0 Å². The van der Waals surface area contributed by atoms with Crippen LogP contribution in [0.25, 0.3) is 55.6 Å². The molecule has 0 radical (unpaired) electrons. The summed E-state index contributed by atoms with van der Waals surface area (Å²) >= 11 is 0. The Labute approximate surface area is 507 Å². The van der Waals surface area contributed by atoms with Crippen LogP contribution in [-0.4, -0.2) is 14.8 Å². The molecule has 2 heterocycles. The zero-order valence-corrected chi connectivity index (χ0v) is 49.6. The lowest BCUT2D eigenvalue weighted by atomic mass is 9.33. The van der Waals surface area contributed by atoms with Crippen molar-refractivity contribution in [1.29, 1.82) is 0 Å². The Balaban J connectivity index is 1.07. The van der Waals surface area contributed by atoms with Crippen molar-refractivity contribution in [2.24, 2.45) is 0 Å². The number of nitrogens with zero attached hydrogens (tertiary/aromatic N) is 2. The van der Waals surface area contributed by atoms with Crippen LogP contribution >= 0.6 is 0 Å². The van der Waals surface area contributed by atoms with Gasteiger partial charge in [0, 0.05) is 34.0 Å². The van der Waals surface area contributed by atoms with Crippen LogP contribution in [0.3, 0.4) is 0 Å². The van der Waals surface area contributed by atoms with E-state index in [1.807, 2.05) is 0 Å². The van der Waals surface area contributed by atoms with E-state index in [2.05, 4.69) is 358 Å². The number of rotatable bonds is 11. The van der Waals surface area contributed by atoms with Crippen LogP contribution in [0.15, 0.2) is 328 Å². The summed E-state index contributed by atoms with van der Waals surface area (Å²) < 4.78 is 0. The largest absolute Gasteiger partial charge is 0.311 e. The first-order valence-corrected chi connectivity index (χ1v) is 32.1. The number of fused-ring (bicyclic) bond motifs is 4. The normalized spacial score (nSPS) is 12.5. The predicted octanol–water partition coefficient (Wildman–Crippen LogP) is 16.8. The second-order valence-corrected chi connectivity index (χ2v) is 27.8. The topological polar surface area (TPSA) is 6.48 Å². The lowest BCUT2D eigenvalue weighted by Crippen LogP contribution is -2.75. The smallest absolute Gasteiger partial charge is 0.252 e. The zero-order valence-electron chi connectivity index (χ0n) is 48.6. The molecule has 13 aromatic carbocycles. The van der Waals surface area contributed by atoms with Gasteiger partial charge >= 0.3 is 0 Å². The average molecular weight is 1120 g/mol. The summed E-state index contributed by atoms with van der Waals surface area (Å²) in [6.07, 6.45) is 0. The summed E-state index contributed by atoms with van der Waals surface area (Å²) in [4.78, 5) is 5.25. The molecule has 2 aliphatic heterocycles. The Morgan fingerprint density at radius 2 is 0.686 bits per heavy atom. The molecule has 0 atom stereocenters. The second-order valence-electron chi connectivity index (χ2n) is 24.0. The van der Waals surface area contributed by atoms with E-state index in [4.69, 9.17) is 0 Å². The van der Waals surface area contributed by atoms with Gasteiger partial charge in [-0.15, -0.1) is 0 Å². The van der Waals surface area contributed by atoms with Gasteiger partial charge in [0.25, 0.3) is 6.71 Å². The molecule has 0 spiro atoms. The molecule has 0 aliphatic carbocycles. The van der Waals surface area contributed by atoms with Gasteiger partial charge in [0.2, 0.25) is 0 Å². The highest BCUT2D eigenvalue weighted by molar-refractivity contribution is 7.20. The molecule has 408 valence electrons. The van der Waals surface area contributed by atoms with Crippen LogP contribution in [0.1, 0.15) is 26.3 Å². The van der Waals surface area contributed by atoms with Gasteiger partial charge in [-0.1, -0.05) is 294 Å². The zero-order chi connectivity index (χ0) is 57.8. The SMILES string of the molecule is CC(C)(C)c1cc2c3c(c1)N(c1ccc(-c4ccccc4)cc1-c1ccccc1)c1ccc([Si](c4ccccc4)(c4ccccc4)c4cccc(-c5ccccc5)c4)cc1B3c1ccccc1N2c1cc(-c2ccccc2)cc(-c2ccccc2)c1. The molecule has 0 saturated heterocycles. The summed E-state index contributed by atoms with van der Waals surface area (Å²) in [7, 11) is -3.16. The van der Waals surface area contributed by atoms with Gasteiger partial charge in [0.1, 0.15) is 0 Å². The van der Waals surface area contributed by atoms with Crippen molar-refractivity contribution < 1.29 is 0 Å².